The molecular weight excluding hydrogens is 324 g/mol. The van der Waals surface area contributed by atoms with Crippen LogP contribution in [-0.4, -0.2) is 28.5 Å². The lowest BCUT2D eigenvalue weighted by Gasteiger charge is -2.23. The Kier molecular flexibility index (Phi) is 5.16. The van der Waals surface area contributed by atoms with Crippen molar-refractivity contribution >= 4 is 27.7 Å². The lowest BCUT2D eigenvalue weighted by Crippen LogP contribution is -2.50. The molecule has 0 bridgehead atoms. The van der Waals surface area contributed by atoms with E-state index in [9.17, 15) is 14.7 Å². The maximum Gasteiger partial charge on any atom is 0.255 e. The maximum atomic E-state index is 12.0. The van der Waals surface area contributed by atoms with Crippen LogP contribution in [0.15, 0.2) is 22.7 Å². The zero-order valence-electron chi connectivity index (χ0n) is 12.0. The lowest BCUT2D eigenvalue weighted by atomic mass is 10.1. The fourth-order valence-corrected chi connectivity index (χ4v) is 1.86. The molecule has 6 heteroatoms. The Morgan fingerprint density at radius 2 is 1.90 bits per heavy atom. The van der Waals surface area contributed by atoms with Crippen LogP contribution in [0.1, 0.15) is 38.1 Å². The molecule has 0 fully saturated rings. The molecule has 1 atom stereocenters. The Morgan fingerprint density at radius 1 is 1.30 bits per heavy atom. The van der Waals surface area contributed by atoms with Gasteiger partial charge in [0.05, 0.1) is 5.56 Å². The first kappa shape index (κ1) is 16.5. The van der Waals surface area contributed by atoms with Gasteiger partial charge in [0.1, 0.15) is 11.8 Å². The van der Waals surface area contributed by atoms with Crippen LogP contribution < -0.4 is 10.6 Å². The molecule has 1 rings (SSSR count). The minimum atomic E-state index is -0.690. The van der Waals surface area contributed by atoms with Gasteiger partial charge in [-0.3, -0.25) is 9.59 Å². The predicted molar refractivity (Wildman–Crippen MR) is 80.6 cm³/mol. The molecule has 2 amide bonds. The topological polar surface area (TPSA) is 78.4 Å². The van der Waals surface area contributed by atoms with Crippen LogP contribution in [0.2, 0.25) is 0 Å². The van der Waals surface area contributed by atoms with Crippen LogP contribution in [0.5, 0.6) is 5.75 Å². The van der Waals surface area contributed by atoms with Crippen LogP contribution in [0.3, 0.4) is 0 Å². The third-order valence-electron chi connectivity index (χ3n) is 2.44. The van der Waals surface area contributed by atoms with E-state index < -0.39 is 11.9 Å². The highest BCUT2D eigenvalue weighted by Crippen LogP contribution is 2.22. The number of carbonyl (C=O) groups excluding carboxylic acids is 2. The number of phenols is 1. The predicted octanol–water partition coefficient (Wildman–Crippen LogP) is 2.19. The Labute approximate surface area is 126 Å². The molecule has 1 aromatic carbocycles. The molecule has 0 aromatic heterocycles. The Hall–Kier alpha value is -1.56. The van der Waals surface area contributed by atoms with Gasteiger partial charge in [0, 0.05) is 10.0 Å². The van der Waals surface area contributed by atoms with Crippen molar-refractivity contribution in [2.24, 2.45) is 0 Å². The van der Waals surface area contributed by atoms with Crippen molar-refractivity contribution < 1.29 is 14.7 Å². The van der Waals surface area contributed by atoms with Gasteiger partial charge in [0.15, 0.2) is 0 Å². The van der Waals surface area contributed by atoms with E-state index in [0.29, 0.717) is 4.47 Å². The second-order valence-electron chi connectivity index (χ2n) is 5.60. The number of amides is 2. The Morgan fingerprint density at radius 3 is 2.40 bits per heavy atom. The van der Waals surface area contributed by atoms with Crippen LogP contribution in [0.25, 0.3) is 0 Å². The zero-order chi connectivity index (χ0) is 15.5. The molecule has 0 aliphatic rings. The first-order valence-electron chi connectivity index (χ1n) is 6.21. The van der Waals surface area contributed by atoms with E-state index in [-0.39, 0.29) is 22.8 Å². The summed E-state index contributed by atoms with van der Waals surface area (Å²) in [5, 5.41) is 15.0. The highest BCUT2D eigenvalue weighted by molar-refractivity contribution is 9.10. The first-order valence-corrected chi connectivity index (χ1v) is 7.01. The molecule has 0 saturated carbocycles. The zero-order valence-corrected chi connectivity index (χ0v) is 13.5. The van der Waals surface area contributed by atoms with Crippen molar-refractivity contribution in [1.29, 1.82) is 0 Å². The molecule has 5 nitrogen and oxygen atoms in total. The van der Waals surface area contributed by atoms with Crippen LogP contribution in [0.4, 0.5) is 0 Å². The number of carbonyl (C=O) groups is 2. The van der Waals surface area contributed by atoms with E-state index in [0.717, 1.165) is 0 Å². The standard InChI is InChI=1S/C14H19BrN2O3/c1-8(12(19)17-14(2,3)4)16-13(20)10-6-5-9(15)7-11(10)18/h5-8,18H,1-4H3,(H,16,20)(H,17,19). The van der Waals surface area contributed by atoms with Crippen molar-refractivity contribution in [3.63, 3.8) is 0 Å². The summed E-state index contributed by atoms with van der Waals surface area (Å²) in [6.45, 7) is 7.18. The van der Waals surface area contributed by atoms with Gasteiger partial charge >= 0.3 is 0 Å². The summed E-state index contributed by atoms with van der Waals surface area (Å²) in [4.78, 5) is 23.9. The number of aromatic hydroxyl groups is 1. The second kappa shape index (κ2) is 6.26. The Balaban J connectivity index is 2.73. The summed E-state index contributed by atoms with van der Waals surface area (Å²) in [5.41, 5.74) is -0.237. The summed E-state index contributed by atoms with van der Waals surface area (Å²) in [7, 11) is 0. The number of rotatable bonds is 3. The maximum absolute atomic E-state index is 12.0. The fraction of sp³-hybridized carbons (Fsp3) is 0.429. The van der Waals surface area contributed by atoms with E-state index in [2.05, 4.69) is 26.6 Å². The molecular formula is C14H19BrN2O3. The van der Waals surface area contributed by atoms with E-state index in [4.69, 9.17) is 0 Å². The smallest absolute Gasteiger partial charge is 0.255 e. The van der Waals surface area contributed by atoms with E-state index in [1.807, 2.05) is 20.8 Å². The van der Waals surface area contributed by atoms with Crippen molar-refractivity contribution in [2.75, 3.05) is 0 Å². The molecule has 110 valence electrons. The van der Waals surface area contributed by atoms with Gasteiger partial charge in [0.2, 0.25) is 5.91 Å². The van der Waals surface area contributed by atoms with Crippen molar-refractivity contribution in [3.8, 4) is 5.75 Å². The minimum Gasteiger partial charge on any atom is -0.507 e. The van der Waals surface area contributed by atoms with Gasteiger partial charge in [0.25, 0.3) is 5.91 Å². The minimum absolute atomic E-state index is 0.128. The number of benzene rings is 1. The number of phenolic OH excluding ortho intramolecular Hbond substituents is 1. The molecule has 0 aliphatic carbocycles. The van der Waals surface area contributed by atoms with E-state index in [1.165, 1.54) is 12.1 Å². The molecule has 20 heavy (non-hydrogen) atoms. The van der Waals surface area contributed by atoms with Crippen LogP contribution in [-0.2, 0) is 4.79 Å². The van der Waals surface area contributed by atoms with Gasteiger partial charge in [-0.2, -0.15) is 0 Å². The lowest BCUT2D eigenvalue weighted by molar-refractivity contribution is -0.124. The van der Waals surface area contributed by atoms with Crippen LogP contribution in [0, 0.1) is 0 Å². The number of hydrogen-bond acceptors (Lipinski definition) is 3. The summed E-state index contributed by atoms with van der Waals surface area (Å²) < 4.78 is 0.671. The number of halogens is 1. The fourth-order valence-electron chi connectivity index (χ4n) is 1.51. The first-order chi connectivity index (χ1) is 9.10. The third kappa shape index (κ3) is 4.85. The normalized spacial score (nSPS) is 12.7. The van der Waals surface area contributed by atoms with Gasteiger partial charge in [-0.25, -0.2) is 0 Å². The molecule has 0 saturated heterocycles. The van der Waals surface area contributed by atoms with Crippen molar-refractivity contribution in [2.45, 2.75) is 39.3 Å². The molecule has 1 aromatic rings. The highest BCUT2D eigenvalue weighted by atomic mass is 79.9. The van der Waals surface area contributed by atoms with Gasteiger partial charge < -0.3 is 15.7 Å². The summed E-state index contributed by atoms with van der Waals surface area (Å²) in [6, 6.07) is 3.87. The average Bonchev–Trinajstić information content (AvgIpc) is 2.26. The summed E-state index contributed by atoms with van der Waals surface area (Å²) >= 11 is 3.20. The van der Waals surface area contributed by atoms with E-state index >= 15 is 0 Å². The molecule has 3 N–H and O–H groups in total. The third-order valence-corrected chi connectivity index (χ3v) is 2.94. The van der Waals surface area contributed by atoms with Gasteiger partial charge in [-0.15, -0.1) is 0 Å². The molecule has 0 spiro atoms. The van der Waals surface area contributed by atoms with E-state index in [1.54, 1.807) is 13.0 Å². The van der Waals surface area contributed by atoms with Gasteiger partial charge in [-0.05, 0) is 45.9 Å². The molecule has 0 aliphatic heterocycles. The Bertz CT molecular complexity index is 524. The molecule has 1 unspecified atom stereocenters. The largest absolute Gasteiger partial charge is 0.507 e. The average molecular weight is 343 g/mol. The molecule has 0 radical (unpaired) electrons. The second-order valence-corrected chi connectivity index (χ2v) is 6.51. The van der Waals surface area contributed by atoms with Crippen LogP contribution >= 0.6 is 15.9 Å². The van der Waals surface area contributed by atoms with Crippen molar-refractivity contribution in [3.05, 3.63) is 28.2 Å². The highest BCUT2D eigenvalue weighted by Gasteiger charge is 2.22. The quantitative estimate of drug-likeness (QED) is 0.787. The van der Waals surface area contributed by atoms with Gasteiger partial charge in [-0.1, -0.05) is 15.9 Å². The SMILES string of the molecule is CC(NC(=O)c1ccc(Br)cc1O)C(=O)NC(C)(C)C. The number of hydrogen-bond donors (Lipinski definition) is 3. The summed E-state index contributed by atoms with van der Waals surface area (Å²) in [6.07, 6.45) is 0. The van der Waals surface area contributed by atoms with Crippen molar-refractivity contribution in [1.82, 2.24) is 10.6 Å². The molecule has 0 heterocycles. The number of nitrogens with one attached hydrogen (secondary N) is 2. The summed E-state index contributed by atoms with van der Waals surface area (Å²) in [5.74, 6) is -0.908. The monoisotopic (exact) mass is 342 g/mol.